The lowest BCUT2D eigenvalue weighted by Crippen LogP contribution is -2.44. The van der Waals surface area contributed by atoms with Crippen molar-refractivity contribution in [3.05, 3.63) is 58.6 Å². The van der Waals surface area contributed by atoms with Gasteiger partial charge in [-0.3, -0.25) is 14.9 Å². The first kappa shape index (κ1) is 19.5. The molecule has 152 valence electrons. The topological polar surface area (TPSA) is 118 Å². The largest absolute Gasteiger partial charge is 0.480 e. The van der Waals surface area contributed by atoms with Gasteiger partial charge in [0.2, 0.25) is 10.0 Å². The minimum atomic E-state index is -3.94. The van der Waals surface area contributed by atoms with E-state index in [0.29, 0.717) is 18.4 Å². The Morgan fingerprint density at radius 3 is 2.17 bits per heavy atom. The average Bonchev–Trinajstić information content (AvgIpc) is 3.29. The van der Waals surface area contributed by atoms with Gasteiger partial charge < -0.3 is 5.11 Å². The van der Waals surface area contributed by atoms with Crippen LogP contribution in [0.3, 0.4) is 0 Å². The molecule has 1 aliphatic carbocycles. The van der Waals surface area contributed by atoms with Gasteiger partial charge in [-0.2, -0.15) is 4.31 Å². The quantitative estimate of drug-likeness (QED) is 0.590. The van der Waals surface area contributed by atoms with Crippen LogP contribution in [-0.2, 0) is 14.8 Å². The zero-order valence-corrected chi connectivity index (χ0v) is 16.3. The minimum Gasteiger partial charge on any atom is -0.480 e. The van der Waals surface area contributed by atoms with Crippen LogP contribution in [0.4, 0.5) is 5.69 Å². The van der Waals surface area contributed by atoms with Gasteiger partial charge in [-0.05, 0) is 60.6 Å². The van der Waals surface area contributed by atoms with Crippen molar-refractivity contribution in [1.82, 2.24) is 4.31 Å². The van der Waals surface area contributed by atoms with E-state index in [-0.39, 0.29) is 22.5 Å². The number of non-ortho nitro benzene ring substituents is 1. The maximum absolute atomic E-state index is 13.2. The van der Waals surface area contributed by atoms with Crippen LogP contribution < -0.4 is 0 Å². The summed E-state index contributed by atoms with van der Waals surface area (Å²) in [5, 5.41) is 20.3. The number of sulfonamides is 1. The fourth-order valence-electron chi connectivity index (χ4n) is 4.52. The van der Waals surface area contributed by atoms with Gasteiger partial charge >= 0.3 is 5.97 Å². The molecule has 1 aliphatic heterocycles. The number of nitro groups is 1. The highest BCUT2D eigenvalue weighted by molar-refractivity contribution is 7.89. The predicted octanol–water partition coefficient (Wildman–Crippen LogP) is 3.28. The standard InChI is InChI=1S/C20H20N2O6S/c23-20(24)19-12-15-2-1-3-18(15)21(19)29(27,28)17-10-6-14(7-11-17)13-4-8-16(9-5-13)22(25)26/h4-11,15,18-19H,1-3,12H2,(H,23,24)/t15-,18-,19-/m1/s1. The molecule has 4 rings (SSSR count). The maximum Gasteiger partial charge on any atom is 0.322 e. The van der Waals surface area contributed by atoms with E-state index in [1.807, 2.05) is 0 Å². The number of carboxylic acid groups (broad SMARTS) is 1. The van der Waals surface area contributed by atoms with E-state index in [1.165, 1.54) is 28.6 Å². The van der Waals surface area contributed by atoms with Gasteiger partial charge in [0.15, 0.2) is 0 Å². The first-order chi connectivity index (χ1) is 13.8. The predicted molar refractivity (Wildman–Crippen MR) is 105 cm³/mol. The van der Waals surface area contributed by atoms with E-state index >= 15 is 0 Å². The van der Waals surface area contributed by atoms with E-state index in [0.717, 1.165) is 18.4 Å². The van der Waals surface area contributed by atoms with Gasteiger partial charge in [0.25, 0.3) is 5.69 Å². The highest BCUT2D eigenvalue weighted by Crippen LogP contribution is 2.44. The van der Waals surface area contributed by atoms with Gasteiger partial charge in [-0.1, -0.05) is 18.6 Å². The monoisotopic (exact) mass is 416 g/mol. The molecule has 1 saturated carbocycles. The normalized spacial score (nSPS) is 24.3. The molecule has 0 aromatic heterocycles. The van der Waals surface area contributed by atoms with Crippen LogP contribution in [0.15, 0.2) is 53.4 Å². The Bertz CT molecular complexity index is 1050. The molecule has 8 nitrogen and oxygen atoms in total. The molecule has 2 aromatic carbocycles. The number of nitrogens with zero attached hydrogens (tertiary/aromatic N) is 2. The fraction of sp³-hybridized carbons (Fsp3) is 0.350. The number of carboxylic acids is 1. The number of hydrogen-bond donors (Lipinski definition) is 1. The Hall–Kier alpha value is -2.78. The Labute approximate surface area is 168 Å². The van der Waals surface area contributed by atoms with Gasteiger partial charge in [0.05, 0.1) is 9.82 Å². The Kier molecular flexibility index (Phi) is 4.87. The first-order valence-corrected chi connectivity index (χ1v) is 10.8. The Morgan fingerprint density at radius 2 is 1.62 bits per heavy atom. The molecule has 0 spiro atoms. The molecule has 0 unspecified atom stereocenters. The summed E-state index contributed by atoms with van der Waals surface area (Å²) in [4.78, 5) is 22.0. The van der Waals surface area contributed by atoms with Crippen molar-refractivity contribution in [1.29, 1.82) is 0 Å². The second-order valence-electron chi connectivity index (χ2n) is 7.51. The van der Waals surface area contributed by atoms with Crippen molar-refractivity contribution >= 4 is 21.7 Å². The molecular formula is C20H20N2O6S. The van der Waals surface area contributed by atoms with E-state index < -0.39 is 27.0 Å². The summed E-state index contributed by atoms with van der Waals surface area (Å²) in [5.41, 5.74) is 1.42. The molecule has 3 atom stereocenters. The molecule has 9 heteroatoms. The van der Waals surface area contributed by atoms with E-state index in [9.17, 15) is 28.4 Å². The molecule has 0 radical (unpaired) electrons. The van der Waals surface area contributed by atoms with Crippen molar-refractivity contribution in [3.63, 3.8) is 0 Å². The summed E-state index contributed by atoms with van der Waals surface area (Å²) >= 11 is 0. The molecule has 2 fully saturated rings. The zero-order valence-electron chi connectivity index (χ0n) is 15.5. The zero-order chi connectivity index (χ0) is 20.8. The molecule has 1 heterocycles. The summed E-state index contributed by atoms with van der Waals surface area (Å²) in [5.74, 6) is -1.00. The van der Waals surface area contributed by atoms with Crippen molar-refractivity contribution in [3.8, 4) is 11.1 Å². The number of benzene rings is 2. The molecule has 2 aliphatic rings. The molecular weight excluding hydrogens is 396 g/mol. The van der Waals surface area contributed by atoms with Crippen LogP contribution >= 0.6 is 0 Å². The minimum absolute atomic E-state index is 0.0205. The third kappa shape index (κ3) is 3.40. The van der Waals surface area contributed by atoms with E-state index in [2.05, 4.69) is 0 Å². The Morgan fingerprint density at radius 1 is 1.03 bits per heavy atom. The highest BCUT2D eigenvalue weighted by atomic mass is 32.2. The Balaban J connectivity index is 1.63. The van der Waals surface area contributed by atoms with Crippen LogP contribution in [-0.4, -0.2) is 40.8 Å². The van der Waals surface area contributed by atoms with Gasteiger partial charge in [-0.25, -0.2) is 8.42 Å². The lowest BCUT2D eigenvalue weighted by molar-refractivity contribution is -0.384. The summed E-state index contributed by atoms with van der Waals surface area (Å²) in [6, 6.07) is 10.9. The number of hydrogen-bond acceptors (Lipinski definition) is 5. The second kappa shape index (κ2) is 7.23. The summed E-state index contributed by atoms with van der Waals surface area (Å²) in [7, 11) is -3.94. The number of rotatable bonds is 5. The van der Waals surface area contributed by atoms with Crippen molar-refractivity contribution < 1.29 is 23.2 Å². The SMILES string of the molecule is O=C(O)[C@H]1C[C@H]2CCC[C@H]2N1S(=O)(=O)c1ccc(-c2ccc([N+](=O)[O-])cc2)cc1. The van der Waals surface area contributed by atoms with E-state index in [1.54, 1.807) is 24.3 Å². The number of aliphatic carboxylic acids is 1. The smallest absolute Gasteiger partial charge is 0.322 e. The van der Waals surface area contributed by atoms with Crippen LogP contribution in [0, 0.1) is 16.0 Å². The van der Waals surface area contributed by atoms with Gasteiger partial charge in [0.1, 0.15) is 6.04 Å². The van der Waals surface area contributed by atoms with Gasteiger partial charge in [-0.15, -0.1) is 0 Å². The highest BCUT2D eigenvalue weighted by Gasteiger charge is 2.52. The molecule has 1 N–H and O–H groups in total. The van der Waals surface area contributed by atoms with Crippen LogP contribution in [0.25, 0.3) is 11.1 Å². The summed E-state index contributed by atoms with van der Waals surface area (Å²) in [6.07, 6.45) is 2.82. The number of nitro benzene ring substituents is 1. The molecule has 2 aromatic rings. The lowest BCUT2D eigenvalue weighted by Gasteiger charge is -2.26. The van der Waals surface area contributed by atoms with Crippen molar-refractivity contribution in [2.45, 2.75) is 42.7 Å². The number of fused-ring (bicyclic) bond motifs is 1. The summed E-state index contributed by atoms with van der Waals surface area (Å²) in [6.45, 7) is 0. The lowest BCUT2D eigenvalue weighted by atomic mass is 10.0. The van der Waals surface area contributed by atoms with Crippen molar-refractivity contribution in [2.75, 3.05) is 0 Å². The van der Waals surface area contributed by atoms with E-state index in [4.69, 9.17) is 0 Å². The average molecular weight is 416 g/mol. The third-order valence-corrected chi connectivity index (χ3v) is 7.85. The van der Waals surface area contributed by atoms with Crippen LogP contribution in [0.2, 0.25) is 0 Å². The molecule has 1 saturated heterocycles. The first-order valence-electron chi connectivity index (χ1n) is 9.40. The molecule has 0 amide bonds. The third-order valence-electron chi connectivity index (χ3n) is 5.91. The maximum atomic E-state index is 13.2. The molecule has 0 bridgehead atoms. The summed E-state index contributed by atoms with van der Waals surface area (Å²) < 4.78 is 27.7. The second-order valence-corrected chi connectivity index (χ2v) is 9.35. The van der Waals surface area contributed by atoms with Crippen LogP contribution in [0.5, 0.6) is 0 Å². The van der Waals surface area contributed by atoms with Crippen LogP contribution in [0.1, 0.15) is 25.7 Å². The van der Waals surface area contributed by atoms with Crippen molar-refractivity contribution in [2.24, 2.45) is 5.92 Å². The van der Waals surface area contributed by atoms with Gasteiger partial charge in [0, 0.05) is 18.2 Å². The number of carbonyl (C=O) groups is 1. The fourth-order valence-corrected chi connectivity index (χ4v) is 6.39. The molecule has 29 heavy (non-hydrogen) atoms.